The van der Waals surface area contributed by atoms with Gasteiger partial charge in [0.1, 0.15) is 0 Å². The third-order valence-corrected chi connectivity index (χ3v) is 0. The molecule has 2 N–H and O–H groups in total. The fourth-order valence-electron chi connectivity index (χ4n) is 0. The fourth-order valence-corrected chi connectivity index (χ4v) is 0. The van der Waals surface area contributed by atoms with E-state index in [2.05, 4.69) is 0 Å². The van der Waals surface area contributed by atoms with Gasteiger partial charge in [0.25, 0.3) is 0 Å². The van der Waals surface area contributed by atoms with Crippen LogP contribution in [0.3, 0.4) is 0 Å². The van der Waals surface area contributed by atoms with Crippen LogP contribution in [0.15, 0.2) is 0 Å². The van der Waals surface area contributed by atoms with Gasteiger partial charge in [-0.3, -0.25) is 0 Å². The van der Waals surface area contributed by atoms with E-state index in [1.54, 1.807) is 0 Å². The van der Waals surface area contributed by atoms with Crippen LogP contribution in [-0.2, 0) is 7.61 Å². The van der Waals surface area contributed by atoms with Crippen LogP contribution >= 0.6 is 0 Å². The first kappa shape index (κ1) is 9.55. The average molecular weight is 120 g/mol. The normalized spacial score (nSPS) is 2.67. The maximum absolute atomic E-state index is 8.57. The maximum atomic E-state index is 8.57. The van der Waals surface area contributed by atoms with E-state index in [9.17, 15) is 0 Å². The molecule has 32 valence electrons. The second-order valence-corrected chi connectivity index (χ2v) is 0.632. The molecule has 0 aromatic heterocycles. The Labute approximate surface area is 47.3 Å². The van der Waals surface area contributed by atoms with Crippen LogP contribution in [0.5, 0.6) is 0 Å². The molecule has 0 aliphatic rings. The van der Waals surface area contributed by atoms with Gasteiger partial charge in [-0.25, -0.2) is 0 Å². The van der Waals surface area contributed by atoms with Gasteiger partial charge in [-0.2, -0.15) is 0 Å². The molecule has 0 fully saturated rings. The van der Waals surface area contributed by atoms with Gasteiger partial charge in [0.2, 0.25) is 0 Å². The summed E-state index contributed by atoms with van der Waals surface area (Å²) < 4.78 is 31.3. The summed E-state index contributed by atoms with van der Waals surface area (Å²) in [7, 11) is 0. The molecule has 0 aliphatic carbocycles. The second kappa shape index (κ2) is 18.7. The summed E-state index contributed by atoms with van der Waals surface area (Å²) >= 11 is -3.00. The summed E-state index contributed by atoms with van der Waals surface area (Å²) in [6.07, 6.45) is 0. The summed E-state index contributed by atoms with van der Waals surface area (Å²) in [6.45, 7) is 0. The Kier molecular flexibility index (Phi) is 29.7. The topological polar surface area (TPSA) is 74.6 Å². The summed E-state index contributed by atoms with van der Waals surface area (Å²) in [5.74, 6) is 0. The van der Waals surface area contributed by atoms with E-state index >= 15 is 0 Å². The van der Waals surface area contributed by atoms with Crippen LogP contribution in [0.1, 0.15) is 0 Å². The van der Waals surface area contributed by atoms with Crippen molar-refractivity contribution in [3.8, 4) is 0 Å². The second-order valence-electron chi connectivity index (χ2n) is 0.211. The monoisotopic (exact) mass is 120 g/mol. The predicted octanol–water partition coefficient (Wildman–Crippen LogP) is -2.11. The number of hydrogen-bond donors (Lipinski definition) is 2. The molecule has 0 aromatic rings. The first-order chi connectivity index (χ1) is 2.83. The van der Waals surface area contributed by atoms with E-state index < -0.39 is 31.0 Å². The van der Waals surface area contributed by atoms with Crippen LogP contribution < -0.4 is 0 Å². The van der Waals surface area contributed by atoms with Crippen LogP contribution in [-0.4, -0.2) is 39.3 Å². The molecule has 0 spiro atoms. The van der Waals surface area contributed by atoms with Crippen LogP contribution in [0, 0.1) is 0 Å². The first-order valence-electron chi connectivity index (χ1n) is 0.988. The van der Waals surface area contributed by atoms with E-state index in [1.807, 2.05) is 0 Å². The number of hydrogen-bond acceptors (Lipinski definition) is 2. The molecule has 0 saturated heterocycles. The van der Waals surface area contributed by atoms with Gasteiger partial charge in [-0.1, -0.05) is 0 Å². The van der Waals surface area contributed by atoms with E-state index in [-0.39, 0.29) is 0 Å². The Hall–Kier alpha value is 0.265. The molecule has 0 atom stereocenters. The SMILES string of the molecule is [O]=[Al][OH].[O]=[Al][OH]. The molecule has 0 aromatic carbocycles. The van der Waals surface area contributed by atoms with Gasteiger partial charge in [0, 0.05) is 0 Å². The molecule has 0 unspecified atom stereocenters. The van der Waals surface area contributed by atoms with E-state index in [1.165, 1.54) is 0 Å². The Balaban J connectivity index is 0. The predicted molar refractivity (Wildman–Crippen MR) is 17.3 cm³/mol. The van der Waals surface area contributed by atoms with Gasteiger partial charge < -0.3 is 0 Å². The van der Waals surface area contributed by atoms with Crippen molar-refractivity contribution in [1.29, 1.82) is 0 Å². The molecular weight excluding hydrogens is 118 g/mol. The summed E-state index contributed by atoms with van der Waals surface area (Å²) in [5, 5.41) is 0. The van der Waals surface area contributed by atoms with Gasteiger partial charge >= 0.3 is 46.9 Å². The first-order valence-corrected chi connectivity index (χ1v) is 2.96. The van der Waals surface area contributed by atoms with Gasteiger partial charge in [-0.05, 0) is 0 Å². The zero-order valence-electron chi connectivity index (χ0n) is 2.87. The molecule has 0 bridgehead atoms. The molecule has 6 heteroatoms. The van der Waals surface area contributed by atoms with Gasteiger partial charge in [0.05, 0.1) is 0 Å². The van der Waals surface area contributed by atoms with E-state index in [4.69, 9.17) is 15.9 Å². The standard InChI is InChI=1S/2Al.2H2O.2O/h;;2*1H2;;/q2*+1;;;;/p-2. The minimum atomic E-state index is -1.50. The summed E-state index contributed by atoms with van der Waals surface area (Å²) in [5.41, 5.74) is 0. The van der Waals surface area contributed by atoms with Crippen molar-refractivity contribution in [1.82, 2.24) is 0 Å². The van der Waals surface area contributed by atoms with Crippen molar-refractivity contribution in [2.45, 2.75) is 0 Å². The fraction of sp³-hybridized carbons (Fsp3) is 0. The van der Waals surface area contributed by atoms with Crippen molar-refractivity contribution in [2.75, 3.05) is 0 Å². The molecule has 0 aliphatic heterocycles. The molecule has 4 nitrogen and oxygen atoms in total. The minimum absolute atomic E-state index is 1.50. The summed E-state index contributed by atoms with van der Waals surface area (Å²) in [4.78, 5) is 0. The van der Waals surface area contributed by atoms with Crippen molar-refractivity contribution < 1.29 is 15.9 Å². The molecule has 0 radical (unpaired) electrons. The van der Waals surface area contributed by atoms with Crippen molar-refractivity contribution in [2.24, 2.45) is 0 Å². The summed E-state index contributed by atoms with van der Waals surface area (Å²) in [6, 6.07) is 0. The molecule has 0 saturated carbocycles. The molecule has 0 amide bonds. The quantitative estimate of drug-likeness (QED) is 0.358. The van der Waals surface area contributed by atoms with Crippen LogP contribution in [0.25, 0.3) is 0 Å². The van der Waals surface area contributed by atoms with Crippen LogP contribution in [0.4, 0.5) is 0 Å². The van der Waals surface area contributed by atoms with E-state index in [0.717, 1.165) is 0 Å². The van der Waals surface area contributed by atoms with Crippen molar-refractivity contribution in [3.05, 3.63) is 0 Å². The zero-order chi connectivity index (χ0) is 5.41. The van der Waals surface area contributed by atoms with Crippen molar-refractivity contribution >= 4 is 31.0 Å². The van der Waals surface area contributed by atoms with Crippen molar-refractivity contribution in [3.63, 3.8) is 0 Å². The molecular formula is H2Al2O4. The van der Waals surface area contributed by atoms with Gasteiger partial charge in [0.15, 0.2) is 0 Å². The molecule has 0 heterocycles. The average Bonchev–Trinajstić information content (AvgIpc) is 1.39. The molecule has 6 heavy (non-hydrogen) atoms. The Morgan fingerprint density at radius 2 is 1.00 bits per heavy atom. The third kappa shape index (κ3) is 648. The Morgan fingerprint density at radius 1 is 1.00 bits per heavy atom. The van der Waals surface area contributed by atoms with E-state index in [0.29, 0.717) is 0 Å². The Morgan fingerprint density at radius 3 is 1.00 bits per heavy atom. The third-order valence-electron chi connectivity index (χ3n) is 0. The molecule has 0 rings (SSSR count). The Bertz CT molecular complexity index is 26.5. The number of rotatable bonds is 0. The zero-order valence-corrected chi connectivity index (χ0v) is 5.18. The van der Waals surface area contributed by atoms with Crippen LogP contribution in [0.2, 0.25) is 0 Å². The van der Waals surface area contributed by atoms with Gasteiger partial charge in [-0.15, -0.1) is 0 Å².